The van der Waals surface area contributed by atoms with Gasteiger partial charge in [0.15, 0.2) is 0 Å². The molecular weight excluding hydrogens is 390 g/mol. The zero-order valence-corrected chi connectivity index (χ0v) is 18.3. The lowest BCUT2D eigenvalue weighted by molar-refractivity contribution is 0.495. The van der Waals surface area contributed by atoms with E-state index in [1.165, 1.54) is 12.8 Å². The van der Waals surface area contributed by atoms with Crippen LogP contribution in [0.25, 0.3) is 10.9 Å². The number of nitrogens with one attached hydrogen (secondary N) is 1. The van der Waals surface area contributed by atoms with Gasteiger partial charge in [-0.3, -0.25) is 4.68 Å². The summed E-state index contributed by atoms with van der Waals surface area (Å²) in [7, 11) is 0. The Morgan fingerprint density at radius 3 is 2.48 bits per heavy atom. The van der Waals surface area contributed by atoms with Gasteiger partial charge in [-0.15, -0.1) is 0 Å². The molecule has 0 amide bonds. The molecule has 3 aromatic heterocycles. The van der Waals surface area contributed by atoms with Gasteiger partial charge >= 0.3 is 0 Å². The minimum absolute atomic E-state index is 0.275. The highest BCUT2D eigenvalue weighted by atomic mass is 15.3. The van der Waals surface area contributed by atoms with Gasteiger partial charge in [0.2, 0.25) is 5.95 Å². The molecule has 0 atom stereocenters. The first-order valence-corrected chi connectivity index (χ1v) is 11.3. The van der Waals surface area contributed by atoms with Crippen molar-refractivity contribution in [3.63, 3.8) is 0 Å². The summed E-state index contributed by atoms with van der Waals surface area (Å²) in [4.78, 5) is 18.9. The first-order valence-electron chi connectivity index (χ1n) is 11.3. The Morgan fingerprint density at radius 1 is 0.968 bits per heavy atom. The first kappa shape index (κ1) is 20.0. The summed E-state index contributed by atoms with van der Waals surface area (Å²) in [6.45, 7) is 8.12. The second-order valence-electron chi connectivity index (χ2n) is 8.87. The molecule has 2 saturated heterocycles. The lowest BCUT2D eigenvalue weighted by atomic mass is 10.1. The molecule has 3 N–H and O–H groups in total. The molecule has 5 heterocycles. The molecule has 3 aromatic rings. The number of hydrogen-bond acceptors (Lipinski definition) is 8. The Hall–Kier alpha value is -2.94. The third-order valence-corrected chi connectivity index (χ3v) is 6.18. The van der Waals surface area contributed by atoms with Crippen molar-refractivity contribution in [2.24, 2.45) is 5.73 Å². The summed E-state index contributed by atoms with van der Waals surface area (Å²) in [5, 5.41) is 8.95. The van der Waals surface area contributed by atoms with Crippen LogP contribution in [-0.4, -0.2) is 57.0 Å². The molecule has 0 unspecified atom stereocenters. The minimum Gasteiger partial charge on any atom is -0.356 e. The van der Waals surface area contributed by atoms with Crippen LogP contribution in [0.1, 0.15) is 45.6 Å². The van der Waals surface area contributed by atoms with Crippen molar-refractivity contribution in [2.75, 3.05) is 41.3 Å². The van der Waals surface area contributed by atoms with E-state index in [-0.39, 0.29) is 12.1 Å². The zero-order chi connectivity index (χ0) is 21.4. The summed E-state index contributed by atoms with van der Waals surface area (Å²) in [5.41, 5.74) is 7.16. The van der Waals surface area contributed by atoms with E-state index in [9.17, 15) is 0 Å². The Morgan fingerprint density at radius 2 is 1.74 bits per heavy atom. The smallest absolute Gasteiger partial charge is 0.229 e. The van der Waals surface area contributed by atoms with Crippen LogP contribution in [0, 0.1) is 0 Å². The maximum absolute atomic E-state index is 6.10. The van der Waals surface area contributed by atoms with Crippen molar-refractivity contribution in [2.45, 2.75) is 51.6 Å². The number of nitrogens with two attached hydrogens (primary N) is 1. The van der Waals surface area contributed by atoms with E-state index < -0.39 is 0 Å². The monoisotopic (exact) mass is 421 g/mol. The summed E-state index contributed by atoms with van der Waals surface area (Å²) in [6, 6.07) is 4.64. The van der Waals surface area contributed by atoms with Crippen molar-refractivity contribution >= 4 is 34.3 Å². The molecule has 2 aliphatic rings. The highest BCUT2D eigenvalue weighted by molar-refractivity contribution is 5.81. The fourth-order valence-corrected chi connectivity index (χ4v) is 4.39. The van der Waals surface area contributed by atoms with Gasteiger partial charge in [0, 0.05) is 62.0 Å². The molecule has 31 heavy (non-hydrogen) atoms. The minimum atomic E-state index is 0.275. The molecule has 2 aliphatic heterocycles. The molecule has 9 heteroatoms. The Balaban J connectivity index is 1.47. The lowest BCUT2D eigenvalue weighted by Crippen LogP contribution is -2.40. The van der Waals surface area contributed by atoms with Crippen molar-refractivity contribution in [1.29, 1.82) is 0 Å². The highest BCUT2D eigenvalue weighted by Crippen LogP contribution is 2.27. The van der Waals surface area contributed by atoms with Gasteiger partial charge in [-0.2, -0.15) is 15.1 Å². The maximum Gasteiger partial charge on any atom is 0.229 e. The number of fused-ring (bicyclic) bond motifs is 1. The summed E-state index contributed by atoms with van der Waals surface area (Å²) in [5.74, 6) is 3.28. The molecule has 2 fully saturated rings. The van der Waals surface area contributed by atoms with Crippen LogP contribution in [0.15, 0.2) is 24.5 Å². The molecule has 0 radical (unpaired) electrons. The molecule has 0 aliphatic carbocycles. The molecule has 0 saturated carbocycles. The molecule has 164 valence electrons. The van der Waals surface area contributed by atoms with Crippen LogP contribution < -0.4 is 20.9 Å². The van der Waals surface area contributed by atoms with Crippen LogP contribution in [0.2, 0.25) is 0 Å². The number of pyridine rings is 1. The van der Waals surface area contributed by atoms with Gasteiger partial charge in [0.25, 0.3) is 0 Å². The van der Waals surface area contributed by atoms with Gasteiger partial charge < -0.3 is 20.9 Å². The van der Waals surface area contributed by atoms with Crippen molar-refractivity contribution in [1.82, 2.24) is 24.7 Å². The van der Waals surface area contributed by atoms with Crippen LogP contribution in [0.5, 0.6) is 0 Å². The third-order valence-electron chi connectivity index (χ3n) is 6.18. The second kappa shape index (κ2) is 8.30. The molecular formula is C22H31N9. The first-order chi connectivity index (χ1) is 15.1. The Labute approximate surface area is 182 Å². The third kappa shape index (κ3) is 4.14. The summed E-state index contributed by atoms with van der Waals surface area (Å²) in [6.07, 6.45) is 8.08. The standard InChI is InChI=1S/C22H31N9/c1-15(2)31-18-11-19(24-13-16(18)14-25-31)26-20-12-21(29-7-3-4-8-29)28-22(27-20)30-9-5-17(23)6-10-30/h11-15,17H,3-10,23H2,1-2H3,(H,24,26,27,28). The van der Waals surface area contributed by atoms with E-state index in [2.05, 4.69) is 39.0 Å². The lowest BCUT2D eigenvalue weighted by Gasteiger charge is -2.31. The molecule has 0 spiro atoms. The number of anilines is 4. The number of rotatable bonds is 5. The van der Waals surface area contributed by atoms with E-state index in [1.54, 1.807) is 0 Å². The van der Waals surface area contributed by atoms with Gasteiger partial charge in [-0.25, -0.2) is 4.98 Å². The van der Waals surface area contributed by atoms with Gasteiger partial charge in [-0.05, 0) is 39.5 Å². The largest absolute Gasteiger partial charge is 0.356 e. The fraction of sp³-hybridized carbons (Fsp3) is 0.545. The maximum atomic E-state index is 6.10. The topological polar surface area (TPSA) is 101 Å². The quantitative estimate of drug-likeness (QED) is 0.648. The number of nitrogens with zero attached hydrogens (tertiary/aromatic N) is 7. The second-order valence-corrected chi connectivity index (χ2v) is 8.87. The van der Waals surface area contributed by atoms with Crippen LogP contribution >= 0.6 is 0 Å². The van der Waals surface area contributed by atoms with Crippen LogP contribution in [0.4, 0.5) is 23.4 Å². The van der Waals surface area contributed by atoms with Crippen molar-refractivity contribution < 1.29 is 0 Å². The number of piperidine rings is 1. The average Bonchev–Trinajstić information content (AvgIpc) is 3.44. The fourth-order valence-electron chi connectivity index (χ4n) is 4.39. The van der Waals surface area contributed by atoms with E-state index in [0.717, 1.165) is 73.3 Å². The summed E-state index contributed by atoms with van der Waals surface area (Å²) < 4.78 is 2.01. The summed E-state index contributed by atoms with van der Waals surface area (Å²) >= 11 is 0. The predicted molar refractivity (Wildman–Crippen MR) is 124 cm³/mol. The van der Waals surface area contributed by atoms with Gasteiger partial charge in [0.05, 0.1) is 11.7 Å². The number of hydrogen-bond donors (Lipinski definition) is 2. The van der Waals surface area contributed by atoms with Crippen molar-refractivity contribution in [3.05, 3.63) is 24.5 Å². The van der Waals surface area contributed by atoms with Crippen LogP contribution in [-0.2, 0) is 0 Å². The van der Waals surface area contributed by atoms with Crippen LogP contribution in [0.3, 0.4) is 0 Å². The highest BCUT2D eigenvalue weighted by Gasteiger charge is 2.22. The molecule has 0 bridgehead atoms. The average molecular weight is 422 g/mol. The Kier molecular flexibility index (Phi) is 5.35. The SMILES string of the molecule is CC(C)n1ncc2cnc(Nc3cc(N4CCCC4)nc(N4CCC(N)CC4)n3)cc21. The van der Waals surface area contributed by atoms with Crippen molar-refractivity contribution in [3.8, 4) is 0 Å². The van der Waals surface area contributed by atoms with E-state index in [1.807, 2.05) is 29.2 Å². The normalized spacial score (nSPS) is 17.8. The van der Waals surface area contributed by atoms with E-state index in [4.69, 9.17) is 15.7 Å². The van der Waals surface area contributed by atoms with Gasteiger partial charge in [-0.1, -0.05) is 0 Å². The number of aromatic nitrogens is 5. The Bertz CT molecular complexity index is 1050. The predicted octanol–water partition coefficient (Wildman–Crippen LogP) is 3.07. The van der Waals surface area contributed by atoms with E-state index in [0.29, 0.717) is 0 Å². The van der Waals surface area contributed by atoms with Gasteiger partial charge in [0.1, 0.15) is 17.5 Å². The van der Waals surface area contributed by atoms with E-state index >= 15 is 0 Å². The zero-order valence-electron chi connectivity index (χ0n) is 18.3. The molecule has 5 rings (SSSR count). The molecule has 0 aromatic carbocycles. The molecule has 9 nitrogen and oxygen atoms in total.